The molecule has 1 aliphatic carbocycles. The van der Waals surface area contributed by atoms with Crippen molar-refractivity contribution in [2.24, 2.45) is 17.8 Å². The summed E-state index contributed by atoms with van der Waals surface area (Å²) in [6, 6.07) is 19.1. The van der Waals surface area contributed by atoms with Crippen LogP contribution in [0.2, 0.25) is 38.3 Å². The highest BCUT2D eigenvalue weighted by Gasteiger charge is 2.58. The van der Waals surface area contributed by atoms with E-state index in [0.717, 1.165) is 116 Å². The van der Waals surface area contributed by atoms with Crippen LogP contribution in [0.5, 0.6) is 17.2 Å². The summed E-state index contributed by atoms with van der Waals surface area (Å²) < 4.78 is 105. The summed E-state index contributed by atoms with van der Waals surface area (Å²) in [6.45, 7) is 15.9. The molecule has 0 aromatic heterocycles. The molecule has 1 saturated carbocycles. The van der Waals surface area contributed by atoms with Crippen molar-refractivity contribution in [3.8, 4) is 17.2 Å². The Morgan fingerprint density at radius 3 is 1.04 bits per heavy atom. The maximum absolute atomic E-state index is 13.9. The average Bonchev–Trinajstić information content (AvgIpc) is 1.67. The molecule has 6 atom stereocenters. The van der Waals surface area contributed by atoms with Crippen molar-refractivity contribution < 1.29 is 59.4 Å². The van der Waals surface area contributed by atoms with Crippen LogP contribution < -0.4 is 13.6 Å². The van der Waals surface area contributed by atoms with Gasteiger partial charge in [-0.2, -0.15) is 27.4 Å². The molecule has 93 heavy (non-hydrogen) atoms. The monoisotopic (exact) mass is 1370 g/mol. The third-order valence-electron chi connectivity index (χ3n) is 18.3. The van der Waals surface area contributed by atoms with Gasteiger partial charge in [-0.15, -0.1) is 0 Å². The first kappa shape index (κ1) is 86.2. The van der Waals surface area contributed by atoms with Crippen LogP contribution >= 0.6 is 58.5 Å². The highest BCUT2D eigenvalue weighted by atomic mass is 35.5. The minimum absolute atomic E-state index is 0.0922. The predicted octanol–water partition coefficient (Wildman–Crippen LogP) is 10.0. The fourth-order valence-electron chi connectivity index (χ4n) is 12.3. The Balaban J connectivity index is 0.000000542. The molecule has 40 heteroatoms. The van der Waals surface area contributed by atoms with E-state index in [1.165, 1.54) is 37.5 Å². The largest absolute Gasteiger partial charge is 0.529 e. The molecule has 0 spiro atoms. The molecule has 472 valence electrons. The van der Waals surface area contributed by atoms with Crippen LogP contribution in [0, 0.1) is 17.8 Å². The molecule has 20 radical (unpaired) electrons. The molecule has 6 unspecified atom stereocenters. The molecule has 0 amide bonds. The molecule has 3 aromatic rings. The first-order chi connectivity index (χ1) is 43.6. The first-order valence-corrected chi connectivity index (χ1v) is 39.5. The third kappa shape index (κ3) is 32.0. The van der Waals surface area contributed by atoms with Gasteiger partial charge in [-0.3, -0.25) is 4.21 Å². The van der Waals surface area contributed by atoms with Crippen LogP contribution in [0.25, 0.3) is 0 Å². The normalized spacial score (nSPS) is 18.0. The average molecular weight is 1370 g/mol. The molecule has 6 rings (SSSR count). The molecule has 2 saturated heterocycles. The van der Waals surface area contributed by atoms with Gasteiger partial charge in [0.2, 0.25) is 0 Å². The Labute approximate surface area is 591 Å². The minimum atomic E-state index is -2.88. The van der Waals surface area contributed by atoms with Gasteiger partial charge in [-0.25, -0.2) is 0 Å². The summed E-state index contributed by atoms with van der Waals surface area (Å²) in [6.07, 6.45) is 14.5. The zero-order valence-electron chi connectivity index (χ0n) is 55.3. The Bertz CT molecular complexity index is 2800. The maximum atomic E-state index is 13.9. The SMILES string of the molecule is O=P(=O)Oc1ccccc1Cl.O=P(=O)Oc1ccccc1Cl.O=P(=O)Oc1ccccc1Cl.[B]B([B])B([B])B(B([B])[B])B1C(CCCOCCCC2CC2CCCOCCCC2B(B(B([B])[B])B([B])B([B])[B])C2CCCS(C)(C)(=O)C(C)(C)C)C1CCCOCC(C)C. The van der Waals surface area contributed by atoms with Crippen molar-refractivity contribution in [2.45, 2.75) is 146 Å². The summed E-state index contributed by atoms with van der Waals surface area (Å²) in [5, 5.41) is 0.852. The van der Waals surface area contributed by atoms with Gasteiger partial charge in [0.15, 0.2) is 17.2 Å². The predicted molar refractivity (Wildman–Crippen MR) is 410 cm³/mol. The van der Waals surface area contributed by atoms with Gasteiger partial charge in [0.1, 0.15) is 0 Å². The number of benzene rings is 3. The molecule has 13 nitrogen and oxygen atoms in total. The summed E-state index contributed by atoms with van der Waals surface area (Å²) in [5.41, 5.74) is 0. The topological polar surface area (TPSA) is 175 Å². The van der Waals surface area contributed by atoms with E-state index in [9.17, 15) is 31.6 Å². The van der Waals surface area contributed by atoms with E-state index in [0.29, 0.717) is 41.5 Å². The van der Waals surface area contributed by atoms with Crippen LogP contribution in [0.3, 0.4) is 0 Å². The molecule has 3 aromatic carbocycles. The minimum Gasteiger partial charge on any atom is -0.385 e. The van der Waals surface area contributed by atoms with E-state index in [1.807, 2.05) is 12.5 Å². The van der Waals surface area contributed by atoms with Crippen LogP contribution in [0.1, 0.15) is 118 Å². The summed E-state index contributed by atoms with van der Waals surface area (Å²) in [7, 11) is 50.6. The van der Waals surface area contributed by atoms with Crippen molar-refractivity contribution in [3.05, 3.63) is 87.9 Å². The third-order valence-corrected chi connectivity index (χ3v) is 25.6. The fraction of sp³-hybridized carbons (Fsp3) is 0.660. The lowest BCUT2D eigenvalue weighted by Gasteiger charge is -2.46. The van der Waals surface area contributed by atoms with Gasteiger partial charge < -0.3 is 27.8 Å². The standard InChI is InChI=1S/C35H68B20O4S.3C6H4ClO3P/c1-28(2)27-59-24-12-18-32-31(46(32)54(50(40)41)52(44)48(36)37)16-10-22-57-20-8-14-29-26-30(29)15-9-21-58-23-11-17-33-34(19-13-25-60(6,7,56)35(3,4)5)47(33)55(51(42)43)53(45)49(38)39;3*7-5-3-1-2-4-6(5)10-11(8)9/h28-34H,8-27H2,1-7H3;3*1-4H. The van der Waals surface area contributed by atoms with Crippen LogP contribution in [-0.4, -0.2) is 209 Å². The van der Waals surface area contributed by atoms with Gasteiger partial charge >= 0.3 is 23.7 Å². The highest BCUT2D eigenvalue weighted by molar-refractivity contribution is 8.19. The van der Waals surface area contributed by atoms with Crippen molar-refractivity contribution >= 4 is 209 Å². The van der Waals surface area contributed by atoms with Crippen molar-refractivity contribution in [2.75, 3.05) is 57.9 Å². The fourth-order valence-corrected chi connectivity index (χ4v) is 15.6. The lowest BCUT2D eigenvalue weighted by Crippen LogP contribution is -2.63. The van der Waals surface area contributed by atoms with Gasteiger partial charge in [0.25, 0.3) is 0 Å². The second kappa shape index (κ2) is 42.9. The molecule has 3 fully saturated rings. The summed E-state index contributed by atoms with van der Waals surface area (Å²) in [5.74, 6) is 5.31. The highest BCUT2D eigenvalue weighted by Crippen LogP contribution is 2.58. The zero-order chi connectivity index (χ0) is 69.8. The second-order valence-corrected chi connectivity index (χ2v) is 35.7. The van der Waals surface area contributed by atoms with Gasteiger partial charge in [0, 0.05) is 179 Å². The Kier molecular flexibility index (Phi) is 39.8. The molecule has 3 aliphatic rings. The van der Waals surface area contributed by atoms with Crippen LogP contribution in [-0.2, 0) is 50.7 Å². The molecular weight excluding hydrogens is 1290 g/mol. The number of para-hydroxylation sites is 3. The number of halogens is 3. The van der Waals surface area contributed by atoms with E-state index in [-0.39, 0.29) is 56.4 Å². The maximum Gasteiger partial charge on any atom is 0.529 e. The number of ether oxygens (including phenoxy) is 3. The van der Waals surface area contributed by atoms with E-state index < -0.39 is 71.1 Å². The second-order valence-electron chi connectivity index (χ2n) is 26.9. The quantitative estimate of drug-likeness (QED) is 0.0299. The Morgan fingerprint density at radius 1 is 0.484 bits per heavy atom. The van der Waals surface area contributed by atoms with E-state index >= 15 is 0 Å². The zero-order valence-corrected chi connectivity index (χ0v) is 61.1. The van der Waals surface area contributed by atoms with Crippen molar-refractivity contribution in [1.82, 2.24) is 0 Å². The van der Waals surface area contributed by atoms with Gasteiger partial charge in [0.05, 0.1) is 28.3 Å². The molecule has 0 bridgehead atoms. The number of rotatable bonds is 40. The van der Waals surface area contributed by atoms with Crippen LogP contribution in [0.15, 0.2) is 72.8 Å². The summed E-state index contributed by atoms with van der Waals surface area (Å²) in [4.78, 5) is 0. The lowest BCUT2D eigenvalue weighted by atomic mass is 8.57. The van der Waals surface area contributed by atoms with Gasteiger partial charge in [-0.1, -0.05) is 164 Å². The molecule has 2 aliphatic heterocycles. The van der Waals surface area contributed by atoms with Crippen LogP contribution in [0.4, 0.5) is 0 Å². The number of hydrogen-bond donors (Lipinski definition) is 0. The molecular formula is C53H80B20Cl3O13P3S. The first-order valence-electron chi connectivity index (χ1n) is 32.2. The smallest absolute Gasteiger partial charge is 0.385 e. The summed E-state index contributed by atoms with van der Waals surface area (Å²) >= 11 is 16.7. The van der Waals surface area contributed by atoms with E-state index in [4.69, 9.17) is 126 Å². The number of hydrogen-bond acceptors (Lipinski definition) is 13. The Morgan fingerprint density at radius 2 is 0.774 bits per heavy atom. The lowest BCUT2D eigenvalue weighted by molar-refractivity contribution is 0.106. The van der Waals surface area contributed by atoms with E-state index in [1.54, 1.807) is 54.6 Å². The van der Waals surface area contributed by atoms with Crippen molar-refractivity contribution in [3.63, 3.8) is 0 Å². The molecule has 2 heterocycles. The van der Waals surface area contributed by atoms with E-state index in [2.05, 4.69) is 48.2 Å². The van der Waals surface area contributed by atoms with Gasteiger partial charge in [-0.05, 0) is 124 Å². The molecule has 0 N–H and O–H groups in total. The van der Waals surface area contributed by atoms with Crippen molar-refractivity contribution in [1.29, 1.82) is 0 Å². The Hall–Kier alpha value is -1.04.